The van der Waals surface area contributed by atoms with Gasteiger partial charge in [0.25, 0.3) is 0 Å². The molecule has 0 aromatic heterocycles. The average molecular weight is 302 g/mol. The number of benzene rings is 1. The van der Waals surface area contributed by atoms with Crippen LogP contribution in [0.3, 0.4) is 0 Å². The first-order valence-corrected chi connectivity index (χ1v) is 8.70. The van der Waals surface area contributed by atoms with Crippen molar-refractivity contribution in [2.45, 2.75) is 64.2 Å². The highest BCUT2D eigenvalue weighted by Gasteiger charge is 1.93. The minimum atomic E-state index is 0.735. The molecule has 0 aliphatic rings. The van der Waals surface area contributed by atoms with Gasteiger partial charge in [0.05, 0.1) is 12.9 Å². The molecule has 2 nitrogen and oxygen atoms in total. The van der Waals surface area contributed by atoms with Crippen LogP contribution >= 0.6 is 0 Å². The van der Waals surface area contributed by atoms with Crippen molar-refractivity contribution in [1.82, 2.24) is 0 Å². The number of aldehydes is 1. The lowest BCUT2D eigenvalue weighted by Gasteiger charge is -2.02. The third-order valence-corrected chi connectivity index (χ3v) is 3.74. The Kier molecular flexibility index (Phi) is 12.1. The summed E-state index contributed by atoms with van der Waals surface area (Å²) < 4.78 is 5.51. The van der Waals surface area contributed by atoms with E-state index in [1.807, 2.05) is 24.3 Å². The molecule has 2 heteroatoms. The van der Waals surface area contributed by atoms with Crippen molar-refractivity contribution in [2.24, 2.45) is 0 Å². The molecule has 0 unspecified atom stereocenters. The maximum absolute atomic E-state index is 10.2. The molecule has 0 saturated carbocycles. The molecular formula is C20H30O2. The Bertz CT molecular complexity index is 384. The van der Waals surface area contributed by atoms with Crippen LogP contribution in [0.5, 0.6) is 0 Å². The van der Waals surface area contributed by atoms with Crippen molar-refractivity contribution in [3.8, 4) is 0 Å². The molecule has 122 valence electrons. The standard InChI is InChI=1S/C20H30O2/c21-17-12-7-5-3-1-2-4-6-8-13-18-22-19-16-20-14-10-9-11-15-20/h9-11,14-17,19H,1-8,12-13,18H2. The summed E-state index contributed by atoms with van der Waals surface area (Å²) in [4.78, 5) is 10.2. The van der Waals surface area contributed by atoms with E-state index in [4.69, 9.17) is 4.74 Å². The topological polar surface area (TPSA) is 26.3 Å². The lowest BCUT2D eigenvalue weighted by molar-refractivity contribution is -0.107. The molecule has 1 rings (SSSR count). The second-order valence-electron chi connectivity index (χ2n) is 5.72. The van der Waals surface area contributed by atoms with Crippen molar-refractivity contribution in [2.75, 3.05) is 6.61 Å². The Hall–Kier alpha value is -1.57. The van der Waals surface area contributed by atoms with Gasteiger partial charge in [0.2, 0.25) is 0 Å². The van der Waals surface area contributed by atoms with Gasteiger partial charge in [-0.15, -0.1) is 0 Å². The summed E-state index contributed by atoms with van der Waals surface area (Å²) in [6, 6.07) is 10.2. The molecule has 0 bridgehead atoms. The van der Waals surface area contributed by atoms with Crippen LogP contribution in [0.15, 0.2) is 36.6 Å². The van der Waals surface area contributed by atoms with Gasteiger partial charge in [-0.2, -0.15) is 0 Å². The molecule has 0 aliphatic carbocycles. The molecule has 0 N–H and O–H groups in total. The normalized spacial score (nSPS) is 10.9. The minimum absolute atomic E-state index is 0.735. The van der Waals surface area contributed by atoms with Crippen molar-refractivity contribution in [1.29, 1.82) is 0 Å². The van der Waals surface area contributed by atoms with E-state index in [-0.39, 0.29) is 0 Å². The van der Waals surface area contributed by atoms with E-state index in [1.54, 1.807) is 6.26 Å². The molecule has 1 aromatic rings. The SMILES string of the molecule is O=CCCCCCCCCCCCOC=Cc1ccccc1. The Morgan fingerprint density at radius 1 is 0.773 bits per heavy atom. The summed E-state index contributed by atoms with van der Waals surface area (Å²) >= 11 is 0. The van der Waals surface area contributed by atoms with Gasteiger partial charge in [-0.05, 0) is 24.5 Å². The molecule has 0 saturated heterocycles. The van der Waals surface area contributed by atoms with Gasteiger partial charge in [0.15, 0.2) is 0 Å². The number of hydrogen-bond acceptors (Lipinski definition) is 2. The van der Waals surface area contributed by atoms with E-state index in [2.05, 4.69) is 12.1 Å². The zero-order valence-electron chi connectivity index (χ0n) is 13.7. The summed E-state index contributed by atoms with van der Waals surface area (Å²) in [7, 11) is 0. The van der Waals surface area contributed by atoms with Crippen molar-refractivity contribution >= 4 is 12.4 Å². The van der Waals surface area contributed by atoms with Gasteiger partial charge < -0.3 is 9.53 Å². The Morgan fingerprint density at radius 2 is 1.36 bits per heavy atom. The van der Waals surface area contributed by atoms with Crippen LogP contribution in [0.1, 0.15) is 69.8 Å². The van der Waals surface area contributed by atoms with Crippen LogP contribution < -0.4 is 0 Å². The van der Waals surface area contributed by atoms with Crippen LogP contribution in [0, 0.1) is 0 Å². The lowest BCUT2D eigenvalue weighted by atomic mass is 10.1. The molecule has 1 aromatic carbocycles. The highest BCUT2D eigenvalue weighted by Crippen LogP contribution is 2.10. The molecule has 0 spiro atoms. The summed E-state index contributed by atoms with van der Waals surface area (Å²) in [5.41, 5.74) is 1.18. The summed E-state index contributed by atoms with van der Waals surface area (Å²) in [5, 5.41) is 0. The van der Waals surface area contributed by atoms with Crippen LogP contribution in [-0.4, -0.2) is 12.9 Å². The quantitative estimate of drug-likeness (QED) is 0.247. The number of unbranched alkanes of at least 4 members (excludes halogenated alkanes) is 9. The van der Waals surface area contributed by atoms with E-state index >= 15 is 0 Å². The Balaban J connectivity index is 1.80. The van der Waals surface area contributed by atoms with Gasteiger partial charge in [0.1, 0.15) is 6.29 Å². The number of rotatable bonds is 14. The molecule has 0 heterocycles. The van der Waals surface area contributed by atoms with Gasteiger partial charge in [-0.3, -0.25) is 0 Å². The fourth-order valence-electron chi connectivity index (χ4n) is 2.41. The third-order valence-electron chi connectivity index (χ3n) is 3.74. The van der Waals surface area contributed by atoms with Gasteiger partial charge in [0, 0.05) is 6.42 Å². The Morgan fingerprint density at radius 3 is 2.00 bits per heavy atom. The van der Waals surface area contributed by atoms with E-state index in [0.717, 1.165) is 32.2 Å². The fourth-order valence-corrected chi connectivity index (χ4v) is 2.41. The van der Waals surface area contributed by atoms with E-state index in [0.29, 0.717) is 0 Å². The summed E-state index contributed by atoms with van der Waals surface area (Å²) in [6.07, 6.45) is 16.8. The molecule has 0 radical (unpaired) electrons. The number of hydrogen-bond donors (Lipinski definition) is 0. The maximum Gasteiger partial charge on any atom is 0.119 e. The zero-order chi connectivity index (χ0) is 15.7. The molecular weight excluding hydrogens is 272 g/mol. The summed E-state index contributed by atoms with van der Waals surface area (Å²) in [5.74, 6) is 0. The number of carbonyl (C=O) groups excluding carboxylic acids is 1. The third kappa shape index (κ3) is 11.1. The minimum Gasteiger partial charge on any atom is -0.501 e. The first-order chi connectivity index (χ1) is 10.9. The first-order valence-electron chi connectivity index (χ1n) is 8.70. The maximum atomic E-state index is 10.2. The van der Waals surface area contributed by atoms with Crippen LogP contribution in [0.4, 0.5) is 0 Å². The monoisotopic (exact) mass is 302 g/mol. The van der Waals surface area contributed by atoms with Gasteiger partial charge >= 0.3 is 0 Å². The van der Waals surface area contributed by atoms with Crippen molar-refractivity contribution < 1.29 is 9.53 Å². The fraction of sp³-hybridized carbons (Fsp3) is 0.550. The predicted molar refractivity (Wildman–Crippen MR) is 93.7 cm³/mol. The smallest absolute Gasteiger partial charge is 0.119 e. The molecule has 22 heavy (non-hydrogen) atoms. The molecule has 0 atom stereocenters. The lowest BCUT2D eigenvalue weighted by Crippen LogP contribution is -1.88. The van der Waals surface area contributed by atoms with Crippen LogP contribution in [0.2, 0.25) is 0 Å². The van der Waals surface area contributed by atoms with Gasteiger partial charge in [-0.25, -0.2) is 0 Å². The molecule has 0 amide bonds. The van der Waals surface area contributed by atoms with E-state index in [1.165, 1.54) is 50.5 Å². The molecule has 0 aliphatic heterocycles. The van der Waals surface area contributed by atoms with Crippen molar-refractivity contribution in [3.05, 3.63) is 42.2 Å². The number of carbonyl (C=O) groups is 1. The number of ether oxygens (including phenoxy) is 1. The van der Waals surface area contributed by atoms with E-state index in [9.17, 15) is 4.79 Å². The highest BCUT2D eigenvalue weighted by atomic mass is 16.5. The zero-order valence-corrected chi connectivity index (χ0v) is 13.7. The summed E-state index contributed by atoms with van der Waals surface area (Å²) in [6.45, 7) is 0.815. The van der Waals surface area contributed by atoms with Crippen LogP contribution in [-0.2, 0) is 9.53 Å². The molecule has 0 fully saturated rings. The largest absolute Gasteiger partial charge is 0.501 e. The predicted octanol–water partition coefficient (Wildman–Crippen LogP) is 5.77. The van der Waals surface area contributed by atoms with E-state index < -0.39 is 0 Å². The second-order valence-corrected chi connectivity index (χ2v) is 5.72. The highest BCUT2D eigenvalue weighted by molar-refractivity contribution is 5.49. The van der Waals surface area contributed by atoms with Crippen molar-refractivity contribution in [3.63, 3.8) is 0 Å². The van der Waals surface area contributed by atoms with Gasteiger partial charge in [-0.1, -0.05) is 75.3 Å². The Labute approximate surface area is 135 Å². The van der Waals surface area contributed by atoms with Crippen LogP contribution in [0.25, 0.3) is 6.08 Å². The first kappa shape index (κ1) is 18.5. The average Bonchev–Trinajstić information content (AvgIpc) is 2.56. The second kappa shape index (κ2) is 14.4.